The molecule has 1 aliphatic heterocycles. The lowest BCUT2D eigenvalue weighted by atomic mass is 9.91. The van der Waals surface area contributed by atoms with Gasteiger partial charge in [0.05, 0.1) is 16.9 Å². The van der Waals surface area contributed by atoms with Crippen molar-refractivity contribution in [1.29, 1.82) is 0 Å². The zero-order valence-electron chi connectivity index (χ0n) is 14.8. The average molecular weight is 395 g/mol. The number of rotatable bonds is 6. The number of ether oxygens (including phenoxy) is 1. The Morgan fingerprint density at radius 1 is 1.38 bits per heavy atom. The minimum Gasteiger partial charge on any atom is -0.378 e. The van der Waals surface area contributed by atoms with E-state index in [0.717, 1.165) is 25.0 Å². The van der Waals surface area contributed by atoms with E-state index in [9.17, 15) is 13.2 Å². The first-order valence-corrected chi connectivity index (χ1v) is 11.2. The van der Waals surface area contributed by atoms with Crippen molar-refractivity contribution >= 4 is 32.2 Å². The van der Waals surface area contributed by atoms with Gasteiger partial charge < -0.3 is 4.74 Å². The third-order valence-electron chi connectivity index (χ3n) is 4.57. The zero-order chi connectivity index (χ0) is 18.7. The minimum absolute atomic E-state index is 0.0447. The summed E-state index contributed by atoms with van der Waals surface area (Å²) in [6.45, 7) is 0.723. The topological polar surface area (TPSA) is 76.6 Å². The van der Waals surface area contributed by atoms with Gasteiger partial charge in [-0.15, -0.1) is 11.3 Å². The van der Waals surface area contributed by atoms with Crippen LogP contribution < -0.4 is 4.90 Å². The van der Waals surface area contributed by atoms with Gasteiger partial charge in [-0.05, 0) is 37.0 Å². The SMILES string of the molecule is CN(C(=O)C(C[C@H]1CCCO1)c1ccc(S(C)(=O)=O)cc1)c1nccs1. The molecule has 26 heavy (non-hydrogen) atoms. The van der Waals surface area contributed by atoms with Gasteiger partial charge in [-0.3, -0.25) is 9.69 Å². The van der Waals surface area contributed by atoms with Gasteiger partial charge >= 0.3 is 0 Å². The number of anilines is 1. The van der Waals surface area contributed by atoms with E-state index in [4.69, 9.17) is 4.74 Å². The lowest BCUT2D eigenvalue weighted by molar-refractivity contribution is -0.120. The largest absolute Gasteiger partial charge is 0.378 e. The lowest BCUT2D eigenvalue weighted by Gasteiger charge is -2.24. The number of amides is 1. The van der Waals surface area contributed by atoms with Crippen molar-refractivity contribution in [2.45, 2.75) is 36.2 Å². The number of likely N-dealkylation sites (N-methyl/N-ethyl adjacent to an activating group) is 1. The Kier molecular flexibility index (Phi) is 5.74. The molecule has 2 heterocycles. The standard InChI is InChI=1S/C18H22N2O4S2/c1-20(18-19-9-11-25-18)17(21)16(12-14-4-3-10-24-14)13-5-7-15(8-6-13)26(2,22)23/h5-9,11,14,16H,3-4,10,12H2,1-2H3/t14-,16?/m1/s1. The lowest BCUT2D eigenvalue weighted by Crippen LogP contribution is -2.33. The highest BCUT2D eigenvalue weighted by Gasteiger charge is 2.30. The van der Waals surface area contributed by atoms with Gasteiger partial charge in [0, 0.05) is 31.5 Å². The fraction of sp³-hybridized carbons (Fsp3) is 0.444. The van der Waals surface area contributed by atoms with Crippen molar-refractivity contribution in [2.24, 2.45) is 0 Å². The van der Waals surface area contributed by atoms with Gasteiger partial charge in [0.2, 0.25) is 5.91 Å². The molecule has 2 atom stereocenters. The zero-order valence-corrected chi connectivity index (χ0v) is 16.4. The Morgan fingerprint density at radius 2 is 2.12 bits per heavy atom. The number of aromatic nitrogens is 1. The van der Waals surface area contributed by atoms with Gasteiger partial charge in [-0.25, -0.2) is 13.4 Å². The monoisotopic (exact) mass is 394 g/mol. The first-order chi connectivity index (χ1) is 12.4. The van der Waals surface area contributed by atoms with Crippen LogP contribution in [0.5, 0.6) is 0 Å². The van der Waals surface area contributed by atoms with E-state index in [1.54, 1.807) is 42.4 Å². The van der Waals surface area contributed by atoms with Crippen LogP contribution in [-0.2, 0) is 19.4 Å². The molecule has 140 valence electrons. The van der Waals surface area contributed by atoms with Crippen LogP contribution in [0, 0.1) is 0 Å². The molecule has 6 nitrogen and oxygen atoms in total. The first kappa shape index (κ1) is 19.0. The highest BCUT2D eigenvalue weighted by molar-refractivity contribution is 7.90. The number of hydrogen-bond acceptors (Lipinski definition) is 6. The minimum atomic E-state index is -3.27. The van der Waals surface area contributed by atoms with E-state index in [1.165, 1.54) is 17.6 Å². The van der Waals surface area contributed by atoms with Crippen molar-refractivity contribution in [3.63, 3.8) is 0 Å². The van der Waals surface area contributed by atoms with Crippen LogP contribution in [-0.4, -0.2) is 45.3 Å². The number of thiazole rings is 1. The van der Waals surface area contributed by atoms with Gasteiger partial charge in [0.25, 0.3) is 0 Å². The van der Waals surface area contributed by atoms with Crippen molar-refractivity contribution in [1.82, 2.24) is 4.98 Å². The molecule has 1 amide bonds. The summed E-state index contributed by atoms with van der Waals surface area (Å²) in [5.41, 5.74) is 0.793. The number of nitrogens with zero attached hydrogens (tertiary/aromatic N) is 2. The molecule has 2 aromatic rings. The molecular formula is C18H22N2O4S2. The second-order valence-electron chi connectivity index (χ2n) is 6.48. The van der Waals surface area contributed by atoms with E-state index >= 15 is 0 Å². The second kappa shape index (κ2) is 7.85. The summed E-state index contributed by atoms with van der Waals surface area (Å²) in [5, 5.41) is 2.47. The molecule has 0 radical (unpaired) electrons. The molecule has 3 rings (SSSR count). The predicted octanol–water partition coefficient (Wildman–Crippen LogP) is 2.86. The molecule has 1 unspecified atom stereocenters. The molecule has 1 fully saturated rings. The van der Waals surface area contributed by atoms with Gasteiger partial charge in [0.1, 0.15) is 0 Å². The third kappa shape index (κ3) is 4.31. The highest BCUT2D eigenvalue weighted by atomic mass is 32.2. The Labute approximate surface area is 157 Å². The summed E-state index contributed by atoms with van der Waals surface area (Å²) in [7, 11) is -1.55. The van der Waals surface area contributed by atoms with Crippen LogP contribution in [0.15, 0.2) is 40.7 Å². The number of hydrogen-bond donors (Lipinski definition) is 0. The van der Waals surface area contributed by atoms with Crippen LogP contribution in [0.4, 0.5) is 5.13 Å². The van der Waals surface area contributed by atoms with Crippen LogP contribution >= 0.6 is 11.3 Å². The quantitative estimate of drug-likeness (QED) is 0.753. The van der Waals surface area contributed by atoms with Crippen molar-refractivity contribution in [3.8, 4) is 0 Å². The molecule has 0 N–H and O–H groups in total. The average Bonchev–Trinajstić information content (AvgIpc) is 3.31. The van der Waals surface area contributed by atoms with Gasteiger partial charge in [-0.2, -0.15) is 0 Å². The van der Waals surface area contributed by atoms with Crippen LogP contribution in [0.25, 0.3) is 0 Å². The highest BCUT2D eigenvalue weighted by Crippen LogP contribution is 2.31. The van der Waals surface area contributed by atoms with E-state index in [2.05, 4.69) is 4.98 Å². The molecule has 1 aliphatic rings. The van der Waals surface area contributed by atoms with Crippen LogP contribution in [0.2, 0.25) is 0 Å². The van der Waals surface area contributed by atoms with Crippen LogP contribution in [0.3, 0.4) is 0 Å². The molecular weight excluding hydrogens is 372 g/mol. The van der Waals surface area contributed by atoms with Gasteiger partial charge in [-0.1, -0.05) is 12.1 Å². The number of carbonyl (C=O) groups is 1. The number of carbonyl (C=O) groups excluding carboxylic acids is 1. The van der Waals surface area contributed by atoms with Crippen molar-refractivity contribution < 1.29 is 17.9 Å². The molecule has 1 aromatic heterocycles. The molecule has 8 heteroatoms. The van der Waals surface area contributed by atoms with E-state index in [0.29, 0.717) is 11.6 Å². The van der Waals surface area contributed by atoms with Crippen molar-refractivity contribution in [2.75, 3.05) is 24.8 Å². The predicted molar refractivity (Wildman–Crippen MR) is 101 cm³/mol. The third-order valence-corrected chi connectivity index (χ3v) is 6.54. The summed E-state index contributed by atoms with van der Waals surface area (Å²) >= 11 is 1.40. The Bertz CT molecular complexity index is 842. The first-order valence-electron chi connectivity index (χ1n) is 8.45. The fourth-order valence-electron chi connectivity index (χ4n) is 3.13. The summed E-state index contributed by atoms with van der Waals surface area (Å²) in [6.07, 6.45) is 5.40. The van der Waals surface area contributed by atoms with E-state index in [-0.39, 0.29) is 16.9 Å². The second-order valence-corrected chi connectivity index (χ2v) is 9.37. The van der Waals surface area contributed by atoms with Crippen molar-refractivity contribution in [3.05, 3.63) is 41.4 Å². The summed E-state index contributed by atoms with van der Waals surface area (Å²) in [4.78, 5) is 19.1. The summed E-state index contributed by atoms with van der Waals surface area (Å²) < 4.78 is 29.1. The Hall–Kier alpha value is -1.77. The maximum absolute atomic E-state index is 13.1. The molecule has 1 aromatic carbocycles. The maximum Gasteiger partial charge on any atom is 0.236 e. The summed E-state index contributed by atoms with van der Waals surface area (Å²) in [5.74, 6) is -0.469. The fourth-order valence-corrected chi connectivity index (χ4v) is 4.37. The van der Waals surface area contributed by atoms with E-state index < -0.39 is 15.8 Å². The molecule has 0 aliphatic carbocycles. The number of benzene rings is 1. The Morgan fingerprint density at radius 3 is 2.65 bits per heavy atom. The molecule has 1 saturated heterocycles. The number of sulfone groups is 1. The van der Waals surface area contributed by atoms with Gasteiger partial charge in [0.15, 0.2) is 15.0 Å². The molecule has 0 saturated carbocycles. The smallest absolute Gasteiger partial charge is 0.236 e. The van der Waals surface area contributed by atoms with E-state index in [1.807, 2.05) is 5.38 Å². The Balaban J connectivity index is 1.88. The maximum atomic E-state index is 13.1. The molecule has 0 spiro atoms. The molecule has 0 bridgehead atoms. The normalized spacial score (nSPS) is 18.6. The van der Waals surface area contributed by atoms with Crippen LogP contribution in [0.1, 0.15) is 30.7 Å². The summed E-state index contributed by atoms with van der Waals surface area (Å²) in [6, 6.07) is 6.57.